The summed E-state index contributed by atoms with van der Waals surface area (Å²) in [6.07, 6.45) is 3.90. The number of anilines is 3. The van der Waals surface area contributed by atoms with Crippen LogP contribution in [0.2, 0.25) is 0 Å². The van der Waals surface area contributed by atoms with Crippen molar-refractivity contribution in [2.75, 3.05) is 10.6 Å². The standard InChI is InChI=1S/C21H20N4O2/c1-3-15-7-9-18(10-8-15)25-21-22-12-17(13-23-21)20(27)24-19-6-4-5-16(11-19)14(2)26/h4-13H,3H2,1-2H3,(H,24,27)(H,22,23,25). The zero-order chi connectivity index (χ0) is 19.2. The third-order valence-electron chi connectivity index (χ3n) is 4.06. The van der Waals surface area contributed by atoms with Crippen LogP contribution in [-0.4, -0.2) is 21.7 Å². The quantitative estimate of drug-likeness (QED) is 0.643. The molecule has 6 heteroatoms. The van der Waals surface area contributed by atoms with E-state index in [1.165, 1.54) is 24.9 Å². The van der Waals surface area contributed by atoms with Gasteiger partial charge in [-0.15, -0.1) is 0 Å². The third kappa shape index (κ3) is 4.76. The lowest BCUT2D eigenvalue weighted by Gasteiger charge is -2.08. The molecule has 0 atom stereocenters. The molecule has 3 rings (SSSR count). The topological polar surface area (TPSA) is 84.0 Å². The minimum Gasteiger partial charge on any atom is -0.324 e. The van der Waals surface area contributed by atoms with E-state index in [4.69, 9.17) is 0 Å². The summed E-state index contributed by atoms with van der Waals surface area (Å²) in [5.41, 5.74) is 3.55. The van der Waals surface area contributed by atoms with Gasteiger partial charge < -0.3 is 10.6 Å². The number of Topliss-reactive ketones (excluding diaryl/α,β-unsaturated/α-hetero) is 1. The maximum absolute atomic E-state index is 12.3. The molecule has 0 aliphatic rings. The first-order valence-electron chi connectivity index (χ1n) is 8.65. The van der Waals surface area contributed by atoms with E-state index in [1.54, 1.807) is 24.3 Å². The average molecular weight is 360 g/mol. The minimum atomic E-state index is -0.338. The summed E-state index contributed by atoms with van der Waals surface area (Å²) < 4.78 is 0. The molecule has 1 heterocycles. The lowest BCUT2D eigenvalue weighted by atomic mass is 10.1. The van der Waals surface area contributed by atoms with Crippen LogP contribution >= 0.6 is 0 Å². The Morgan fingerprint density at radius 2 is 1.63 bits per heavy atom. The second kappa shape index (κ2) is 8.23. The number of hydrogen-bond acceptors (Lipinski definition) is 5. The van der Waals surface area contributed by atoms with E-state index in [-0.39, 0.29) is 11.7 Å². The first-order chi connectivity index (χ1) is 13.0. The van der Waals surface area contributed by atoms with Crippen molar-refractivity contribution in [2.24, 2.45) is 0 Å². The fourth-order valence-corrected chi connectivity index (χ4v) is 2.48. The number of carbonyl (C=O) groups is 2. The van der Waals surface area contributed by atoms with Gasteiger partial charge in [0.15, 0.2) is 5.78 Å². The number of nitrogens with one attached hydrogen (secondary N) is 2. The minimum absolute atomic E-state index is 0.0585. The van der Waals surface area contributed by atoms with Gasteiger partial charge in [0.05, 0.1) is 5.56 Å². The van der Waals surface area contributed by atoms with Crippen LogP contribution < -0.4 is 10.6 Å². The molecule has 0 radical (unpaired) electrons. The van der Waals surface area contributed by atoms with Crippen LogP contribution in [0.3, 0.4) is 0 Å². The van der Waals surface area contributed by atoms with Gasteiger partial charge in [0, 0.05) is 29.3 Å². The molecule has 1 aromatic heterocycles. The van der Waals surface area contributed by atoms with Crippen molar-refractivity contribution in [3.8, 4) is 0 Å². The molecule has 0 spiro atoms. The molecule has 0 saturated heterocycles. The molecule has 2 N–H and O–H groups in total. The van der Waals surface area contributed by atoms with Gasteiger partial charge >= 0.3 is 0 Å². The second-order valence-corrected chi connectivity index (χ2v) is 6.06. The Balaban J connectivity index is 1.66. The Morgan fingerprint density at radius 1 is 0.926 bits per heavy atom. The SMILES string of the molecule is CCc1ccc(Nc2ncc(C(=O)Nc3cccc(C(C)=O)c3)cn2)cc1. The lowest BCUT2D eigenvalue weighted by molar-refractivity contribution is 0.101. The van der Waals surface area contributed by atoms with Crippen LogP contribution in [0.5, 0.6) is 0 Å². The fraction of sp³-hybridized carbons (Fsp3) is 0.143. The van der Waals surface area contributed by atoms with Crippen LogP contribution in [0.4, 0.5) is 17.3 Å². The molecule has 0 aliphatic carbocycles. The molecule has 0 fully saturated rings. The summed E-state index contributed by atoms with van der Waals surface area (Å²) >= 11 is 0. The second-order valence-electron chi connectivity index (χ2n) is 6.06. The van der Waals surface area contributed by atoms with E-state index in [1.807, 2.05) is 24.3 Å². The number of amides is 1. The highest BCUT2D eigenvalue weighted by molar-refractivity contribution is 6.04. The summed E-state index contributed by atoms with van der Waals surface area (Å²) in [5, 5.41) is 5.84. The van der Waals surface area contributed by atoms with E-state index in [0.29, 0.717) is 22.8 Å². The van der Waals surface area contributed by atoms with Crippen LogP contribution in [0, 0.1) is 0 Å². The van der Waals surface area contributed by atoms with Gasteiger partial charge in [-0.3, -0.25) is 9.59 Å². The number of benzene rings is 2. The van der Waals surface area contributed by atoms with Crippen LogP contribution in [0.25, 0.3) is 0 Å². The molecule has 0 bridgehead atoms. The molecule has 0 aliphatic heterocycles. The van der Waals surface area contributed by atoms with Crippen LogP contribution in [-0.2, 0) is 6.42 Å². The molecular formula is C21H20N4O2. The zero-order valence-corrected chi connectivity index (χ0v) is 15.2. The molecule has 6 nitrogen and oxygen atoms in total. The third-order valence-corrected chi connectivity index (χ3v) is 4.06. The predicted octanol–water partition coefficient (Wildman–Crippen LogP) is 4.24. The van der Waals surface area contributed by atoms with Gasteiger partial charge in [0.25, 0.3) is 5.91 Å². The van der Waals surface area contributed by atoms with Gasteiger partial charge in [0.2, 0.25) is 5.95 Å². The molecule has 0 unspecified atom stereocenters. The molecule has 1 amide bonds. The van der Waals surface area contributed by atoms with E-state index in [9.17, 15) is 9.59 Å². The van der Waals surface area contributed by atoms with Gasteiger partial charge in [0.1, 0.15) is 0 Å². The van der Waals surface area contributed by atoms with E-state index < -0.39 is 0 Å². The Kier molecular flexibility index (Phi) is 5.56. The summed E-state index contributed by atoms with van der Waals surface area (Å²) in [7, 11) is 0. The first-order valence-corrected chi connectivity index (χ1v) is 8.65. The van der Waals surface area contributed by atoms with Crippen LogP contribution in [0.1, 0.15) is 40.1 Å². The Labute approximate surface area is 157 Å². The molecule has 136 valence electrons. The maximum Gasteiger partial charge on any atom is 0.258 e. The Morgan fingerprint density at radius 3 is 2.26 bits per heavy atom. The van der Waals surface area contributed by atoms with Gasteiger partial charge in [-0.25, -0.2) is 9.97 Å². The number of aryl methyl sites for hydroxylation is 1. The van der Waals surface area contributed by atoms with E-state index in [0.717, 1.165) is 12.1 Å². The van der Waals surface area contributed by atoms with Crippen LogP contribution in [0.15, 0.2) is 60.9 Å². The summed E-state index contributed by atoms with van der Waals surface area (Å²) in [5.74, 6) is 0.0146. The van der Waals surface area contributed by atoms with E-state index >= 15 is 0 Å². The number of carbonyl (C=O) groups excluding carboxylic acids is 2. The first kappa shape index (κ1) is 18.3. The van der Waals surface area contributed by atoms with Crippen molar-refractivity contribution in [1.29, 1.82) is 0 Å². The molecular weight excluding hydrogens is 340 g/mol. The Hall–Kier alpha value is -3.54. The van der Waals surface area contributed by atoms with Crippen molar-refractivity contribution < 1.29 is 9.59 Å². The van der Waals surface area contributed by atoms with Gasteiger partial charge in [-0.05, 0) is 43.2 Å². The number of ketones is 1. The summed E-state index contributed by atoms with van der Waals surface area (Å²) in [6.45, 7) is 3.59. The Bertz CT molecular complexity index is 951. The normalized spacial score (nSPS) is 10.3. The highest BCUT2D eigenvalue weighted by Crippen LogP contribution is 2.15. The number of nitrogens with zero attached hydrogens (tertiary/aromatic N) is 2. The summed E-state index contributed by atoms with van der Waals surface area (Å²) in [6, 6.07) is 14.8. The summed E-state index contributed by atoms with van der Waals surface area (Å²) in [4.78, 5) is 32.2. The largest absolute Gasteiger partial charge is 0.324 e. The van der Waals surface area contributed by atoms with Crippen molar-refractivity contribution >= 4 is 29.0 Å². The average Bonchev–Trinajstić information content (AvgIpc) is 2.69. The number of rotatable bonds is 6. The highest BCUT2D eigenvalue weighted by Gasteiger charge is 2.09. The van der Waals surface area contributed by atoms with Gasteiger partial charge in [-0.1, -0.05) is 31.2 Å². The predicted molar refractivity (Wildman–Crippen MR) is 106 cm³/mol. The molecule has 3 aromatic rings. The van der Waals surface area contributed by atoms with Gasteiger partial charge in [-0.2, -0.15) is 0 Å². The molecule has 27 heavy (non-hydrogen) atoms. The van der Waals surface area contributed by atoms with E-state index in [2.05, 4.69) is 27.5 Å². The highest BCUT2D eigenvalue weighted by atomic mass is 16.1. The fourth-order valence-electron chi connectivity index (χ4n) is 2.48. The number of hydrogen-bond donors (Lipinski definition) is 2. The van der Waals surface area contributed by atoms with Crippen molar-refractivity contribution in [1.82, 2.24) is 9.97 Å². The molecule has 2 aromatic carbocycles. The lowest BCUT2D eigenvalue weighted by Crippen LogP contribution is -2.13. The van der Waals surface area contributed by atoms with Crippen molar-refractivity contribution in [3.05, 3.63) is 77.6 Å². The zero-order valence-electron chi connectivity index (χ0n) is 15.2. The maximum atomic E-state index is 12.3. The van der Waals surface area contributed by atoms with Crippen molar-refractivity contribution in [3.63, 3.8) is 0 Å². The molecule has 0 saturated carbocycles. The number of aromatic nitrogens is 2. The smallest absolute Gasteiger partial charge is 0.258 e. The van der Waals surface area contributed by atoms with Crippen molar-refractivity contribution in [2.45, 2.75) is 20.3 Å². The monoisotopic (exact) mass is 360 g/mol.